The molecule has 0 bridgehead atoms. The number of nitrogens with one attached hydrogen (secondary N) is 2. The van der Waals surface area contributed by atoms with Crippen LogP contribution in [0.2, 0.25) is 0 Å². The Labute approximate surface area is 211 Å². The molecule has 2 amide bonds. The van der Waals surface area contributed by atoms with E-state index in [1.54, 1.807) is 51.8 Å². The summed E-state index contributed by atoms with van der Waals surface area (Å²) >= 11 is 0. The first-order valence-corrected chi connectivity index (χ1v) is 12.1. The van der Waals surface area contributed by atoms with Crippen LogP contribution in [0.15, 0.2) is 30.6 Å². The Kier molecular flexibility index (Phi) is 7.90. The summed E-state index contributed by atoms with van der Waals surface area (Å²) in [6, 6.07) is 6.76. The van der Waals surface area contributed by atoms with Crippen molar-refractivity contribution in [2.24, 2.45) is 0 Å². The first-order valence-electron chi connectivity index (χ1n) is 12.1. The maximum Gasteiger partial charge on any atom is 0.414 e. The lowest BCUT2D eigenvalue weighted by molar-refractivity contribution is -0.146. The van der Waals surface area contributed by atoms with Crippen molar-refractivity contribution in [2.75, 3.05) is 69.6 Å². The number of fused-ring (bicyclic) bond motifs is 1. The van der Waals surface area contributed by atoms with Crippen LogP contribution in [0.25, 0.3) is 0 Å². The van der Waals surface area contributed by atoms with Gasteiger partial charge in [-0.25, -0.2) is 14.8 Å². The molecule has 2 aliphatic rings. The summed E-state index contributed by atoms with van der Waals surface area (Å²) in [4.78, 5) is 37.9. The minimum Gasteiger partial charge on any atom is -0.410 e. The zero-order valence-electron chi connectivity index (χ0n) is 21.2. The molecule has 0 saturated carbocycles. The zero-order valence-corrected chi connectivity index (χ0v) is 21.2. The van der Waals surface area contributed by atoms with Crippen molar-refractivity contribution >= 4 is 29.3 Å². The average Bonchev–Trinajstić information content (AvgIpc) is 3.25. The largest absolute Gasteiger partial charge is 0.414 e. The molecule has 3 heterocycles. The van der Waals surface area contributed by atoms with Gasteiger partial charge < -0.3 is 34.6 Å². The predicted molar refractivity (Wildman–Crippen MR) is 136 cm³/mol. The van der Waals surface area contributed by atoms with Crippen LogP contribution in [0.3, 0.4) is 0 Å². The number of piperidine rings is 1. The van der Waals surface area contributed by atoms with Crippen molar-refractivity contribution in [3.63, 3.8) is 0 Å². The number of ether oxygens (including phenoxy) is 3. The molecule has 1 fully saturated rings. The number of anilines is 3. The summed E-state index contributed by atoms with van der Waals surface area (Å²) < 4.78 is 16.6. The second-order valence-electron chi connectivity index (χ2n) is 9.31. The Hall–Kier alpha value is -3.44. The first kappa shape index (κ1) is 25.6. The minimum atomic E-state index is -1.02. The normalized spacial score (nSPS) is 18.2. The molecule has 0 spiro atoms. The van der Waals surface area contributed by atoms with Crippen molar-refractivity contribution < 1.29 is 23.8 Å². The van der Waals surface area contributed by atoms with E-state index >= 15 is 0 Å². The molecule has 1 aromatic carbocycles. The van der Waals surface area contributed by atoms with Crippen LogP contribution in [-0.4, -0.2) is 86.5 Å². The summed E-state index contributed by atoms with van der Waals surface area (Å²) in [6.07, 6.45) is 2.06. The number of hydrogen-bond donors (Lipinski definition) is 2. The molecule has 2 N–H and O–H groups in total. The molecule has 36 heavy (non-hydrogen) atoms. The lowest BCUT2D eigenvalue weighted by atomic mass is 9.89. The van der Waals surface area contributed by atoms with Crippen LogP contribution in [0, 0.1) is 0 Å². The predicted octanol–water partition coefficient (Wildman–Crippen LogP) is 2.71. The van der Waals surface area contributed by atoms with E-state index in [1.165, 1.54) is 4.90 Å². The monoisotopic (exact) mass is 498 g/mol. The highest BCUT2D eigenvalue weighted by atomic mass is 16.6. The highest BCUT2D eigenvalue weighted by Crippen LogP contribution is 2.38. The fraction of sp³-hybridized carbons (Fsp3) is 0.520. The van der Waals surface area contributed by atoms with Gasteiger partial charge in [-0.3, -0.25) is 4.79 Å². The summed E-state index contributed by atoms with van der Waals surface area (Å²) in [6.45, 7) is 4.90. The van der Waals surface area contributed by atoms with E-state index in [0.717, 1.165) is 23.7 Å². The van der Waals surface area contributed by atoms with Crippen LogP contribution in [0.4, 0.5) is 22.1 Å². The summed E-state index contributed by atoms with van der Waals surface area (Å²) in [5.74, 6) is 2.22. The number of methoxy groups -OCH3 is 1. The SMILES string of the molecule is COCCOC1(C(=O)Nc2cccc(OC(=O)N(C)C)c2)CCN(c2ncnc3c2C(C)CN3)CC1. The second-order valence-corrected chi connectivity index (χ2v) is 9.31. The first-order chi connectivity index (χ1) is 17.3. The maximum atomic E-state index is 13.6. The van der Waals surface area contributed by atoms with Crippen molar-refractivity contribution in [3.8, 4) is 5.75 Å². The van der Waals surface area contributed by atoms with Gasteiger partial charge in [0.2, 0.25) is 0 Å². The number of aromatic nitrogens is 2. The Morgan fingerprint density at radius 1 is 1.22 bits per heavy atom. The number of carbonyl (C=O) groups excluding carboxylic acids is 2. The van der Waals surface area contributed by atoms with Gasteiger partial charge in [-0.1, -0.05) is 13.0 Å². The number of carbonyl (C=O) groups is 2. The van der Waals surface area contributed by atoms with Gasteiger partial charge in [-0.05, 0) is 12.1 Å². The van der Waals surface area contributed by atoms with Gasteiger partial charge in [0.1, 0.15) is 29.3 Å². The minimum absolute atomic E-state index is 0.239. The maximum absolute atomic E-state index is 13.6. The molecule has 1 unspecified atom stereocenters. The molecule has 2 aromatic rings. The molecule has 2 aliphatic heterocycles. The number of hydrogen-bond acceptors (Lipinski definition) is 9. The Balaban J connectivity index is 1.48. The molecule has 1 saturated heterocycles. The second kappa shape index (κ2) is 11.1. The standard InChI is InChI=1S/C25H34N6O5/c1-17-15-26-21-20(17)22(28-16-27-21)31-10-8-25(9-11-31,35-13-12-34-4)23(32)29-18-6-5-7-19(14-18)36-24(33)30(2)3/h5-7,14,16-17H,8-13,15H2,1-4H3,(H,29,32)(H,26,27,28). The smallest absolute Gasteiger partial charge is 0.410 e. The van der Waals surface area contributed by atoms with Gasteiger partial charge in [-0.2, -0.15) is 0 Å². The molecule has 4 rings (SSSR count). The van der Waals surface area contributed by atoms with Gasteiger partial charge in [0.05, 0.1) is 13.2 Å². The van der Waals surface area contributed by atoms with Gasteiger partial charge in [-0.15, -0.1) is 0 Å². The molecule has 0 radical (unpaired) electrons. The number of amides is 2. The molecule has 11 nitrogen and oxygen atoms in total. The van der Waals surface area contributed by atoms with E-state index in [9.17, 15) is 9.59 Å². The van der Waals surface area contributed by atoms with Gasteiger partial charge in [0, 0.05) is 76.9 Å². The lowest BCUT2D eigenvalue weighted by Gasteiger charge is -2.41. The fourth-order valence-electron chi connectivity index (χ4n) is 4.50. The highest BCUT2D eigenvalue weighted by Gasteiger charge is 2.43. The summed E-state index contributed by atoms with van der Waals surface area (Å²) in [5, 5.41) is 6.30. The van der Waals surface area contributed by atoms with Crippen molar-refractivity contribution in [2.45, 2.75) is 31.3 Å². The van der Waals surface area contributed by atoms with E-state index in [-0.39, 0.29) is 5.91 Å². The fourth-order valence-corrected chi connectivity index (χ4v) is 4.50. The molecule has 11 heteroatoms. The quantitative estimate of drug-likeness (QED) is 0.530. The van der Waals surface area contributed by atoms with Gasteiger partial charge >= 0.3 is 6.09 Å². The molecule has 0 aliphatic carbocycles. The van der Waals surface area contributed by atoms with Crippen LogP contribution < -0.4 is 20.3 Å². The van der Waals surface area contributed by atoms with Crippen LogP contribution in [-0.2, 0) is 14.3 Å². The molecule has 1 atom stereocenters. The lowest BCUT2D eigenvalue weighted by Crippen LogP contribution is -2.54. The Morgan fingerprint density at radius 2 is 2.00 bits per heavy atom. The highest BCUT2D eigenvalue weighted by molar-refractivity contribution is 5.97. The Morgan fingerprint density at radius 3 is 2.72 bits per heavy atom. The van der Waals surface area contributed by atoms with Crippen molar-refractivity contribution in [1.29, 1.82) is 0 Å². The third kappa shape index (κ3) is 5.52. The van der Waals surface area contributed by atoms with Crippen molar-refractivity contribution in [3.05, 3.63) is 36.2 Å². The number of rotatable bonds is 8. The van der Waals surface area contributed by atoms with E-state index in [2.05, 4.69) is 32.4 Å². The topological polar surface area (TPSA) is 118 Å². The van der Waals surface area contributed by atoms with Gasteiger partial charge in [0.25, 0.3) is 5.91 Å². The average molecular weight is 499 g/mol. The molecule has 194 valence electrons. The molecular formula is C25H34N6O5. The number of nitrogens with zero attached hydrogens (tertiary/aromatic N) is 4. The Bertz CT molecular complexity index is 1090. The summed E-state index contributed by atoms with van der Waals surface area (Å²) in [5.41, 5.74) is 0.624. The van der Waals surface area contributed by atoms with E-state index < -0.39 is 11.7 Å². The zero-order chi connectivity index (χ0) is 25.7. The van der Waals surface area contributed by atoms with Crippen LogP contribution >= 0.6 is 0 Å². The van der Waals surface area contributed by atoms with E-state index in [1.807, 2.05) is 0 Å². The molecular weight excluding hydrogens is 464 g/mol. The summed E-state index contributed by atoms with van der Waals surface area (Å²) in [7, 11) is 4.81. The van der Waals surface area contributed by atoms with Gasteiger partial charge in [0.15, 0.2) is 0 Å². The number of benzene rings is 1. The molecule has 1 aromatic heterocycles. The van der Waals surface area contributed by atoms with Crippen molar-refractivity contribution in [1.82, 2.24) is 14.9 Å². The van der Waals surface area contributed by atoms with E-state index in [4.69, 9.17) is 14.2 Å². The third-order valence-corrected chi connectivity index (χ3v) is 6.54. The third-order valence-electron chi connectivity index (χ3n) is 6.54. The van der Waals surface area contributed by atoms with E-state index in [0.29, 0.717) is 56.5 Å². The van der Waals surface area contributed by atoms with Crippen LogP contribution in [0.1, 0.15) is 31.2 Å². The van der Waals surface area contributed by atoms with Crippen LogP contribution in [0.5, 0.6) is 5.75 Å².